The van der Waals surface area contributed by atoms with Crippen LogP contribution in [0.5, 0.6) is 0 Å². The largest absolute Gasteiger partial charge is 0.465 e. The molecule has 7 heteroatoms. The highest BCUT2D eigenvalue weighted by molar-refractivity contribution is 7.18. The second kappa shape index (κ2) is 9.57. The maximum absolute atomic E-state index is 13.0. The van der Waals surface area contributed by atoms with E-state index in [2.05, 4.69) is 10.6 Å². The average Bonchev–Trinajstić information content (AvgIpc) is 3.06. The van der Waals surface area contributed by atoms with Crippen LogP contribution in [-0.4, -0.2) is 24.9 Å². The summed E-state index contributed by atoms with van der Waals surface area (Å²) in [6.07, 6.45) is 0.155. The average molecular weight is 437 g/mol. The number of amides is 2. The van der Waals surface area contributed by atoms with Gasteiger partial charge in [0.25, 0.3) is 5.91 Å². The summed E-state index contributed by atoms with van der Waals surface area (Å²) < 4.78 is 4.89. The highest BCUT2D eigenvalue weighted by Gasteiger charge is 2.26. The second-order valence-electron chi connectivity index (χ2n) is 7.23. The molecule has 3 aromatic rings. The number of ether oxygens (including phenoxy) is 1. The fraction of sp³-hybridized carbons (Fsp3) is 0.208. The van der Waals surface area contributed by atoms with Crippen molar-refractivity contribution >= 4 is 39.8 Å². The highest BCUT2D eigenvalue weighted by atomic mass is 32.1. The van der Waals surface area contributed by atoms with E-state index in [1.807, 2.05) is 62.4 Å². The zero-order valence-corrected chi connectivity index (χ0v) is 18.7. The van der Waals surface area contributed by atoms with Crippen LogP contribution in [0.4, 0.5) is 10.7 Å². The Morgan fingerprint density at radius 2 is 1.68 bits per heavy atom. The first-order chi connectivity index (χ1) is 14.8. The Bertz CT molecular complexity index is 1140. The van der Waals surface area contributed by atoms with Gasteiger partial charge in [0, 0.05) is 5.69 Å². The Kier molecular flexibility index (Phi) is 6.87. The van der Waals surface area contributed by atoms with Gasteiger partial charge < -0.3 is 15.4 Å². The quantitative estimate of drug-likeness (QED) is 0.539. The summed E-state index contributed by atoms with van der Waals surface area (Å²) in [7, 11) is 1.27. The minimum atomic E-state index is -0.602. The predicted octanol–water partition coefficient (Wildman–Crippen LogP) is 4.89. The minimum Gasteiger partial charge on any atom is -0.465 e. The third kappa shape index (κ3) is 5.19. The molecule has 2 amide bonds. The van der Waals surface area contributed by atoms with Crippen molar-refractivity contribution in [2.24, 2.45) is 0 Å². The minimum absolute atomic E-state index is 0.155. The zero-order chi connectivity index (χ0) is 22.5. The van der Waals surface area contributed by atoms with Gasteiger partial charge in [-0.1, -0.05) is 48.0 Å². The number of benzene rings is 2. The van der Waals surface area contributed by atoms with Crippen molar-refractivity contribution in [3.63, 3.8) is 0 Å². The van der Waals surface area contributed by atoms with Gasteiger partial charge in [-0.15, -0.1) is 11.3 Å². The number of rotatable bonds is 6. The summed E-state index contributed by atoms with van der Waals surface area (Å²) in [4.78, 5) is 38.2. The van der Waals surface area contributed by atoms with Gasteiger partial charge >= 0.3 is 5.97 Å². The van der Waals surface area contributed by atoms with Crippen LogP contribution in [-0.2, 0) is 16.0 Å². The number of nitrogens with one attached hydrogen (secondary N) is 2. The molecule has 0 bridgehead atoms. The number of aryl methyl sites for hydroxylation is 2. The SMILES string of the molecule is COC(=O)c1c(NC(=O)Cc2ccccc2)sc(C(=O)Nc2ccc(C)cc2C)c1C. The molecule has 0 saturated carbocycles. The van der Waals surface area contributed by atoms with E-state index in [1.165, 1.54) is 7.11 Å². The maximum atomic E-state index is 13.0. The van der Waals surface area contributed by atoms with Crippen LogP contribution in [0.3, 0.4) is 0 Å². The number of anilines is 2. The number of esters is 1. The standard InChI is InChI=1S/C24H24N2O4S/c1-14-10-11-18(15(2)12-14)25-22(28)21-16(3)20(24(29)30-4)23(31-21)26-19(27)13-17-8-6-5-7-9-17/h5-12H,13H2,1-4H3,(H,25,28)(H,26,27). The normalized spacial score (nSPS) is 10.5. The molecule has 0 spiro atoms. The van der Waals surface area contributed by atoms with Crippen LogP contribution in [0.2, 0.25) is 0 Å². The van der Waals surface area contributed by atoms with Crippen molar-refractivity contribution in [1.29, 1.82) is 0 Å². The van der Waals surface area contributed by atoms with E-state index in [9.17, 15) is 14.4 Å². The molecule has 0 radical (unpaired) electrons. The molecule has 0 saturated heterocycles. The molecular formula is C24H24N2O4S. The van der Waals surface area contributed by atoms with Gasteiger partial charge in [0.15, 0.2) is 0 Å². The van der Waals surface area contributed by atoms with Crippen LogP contribution in [0, 0.1) is 20.8 Å². The molecule has 0 fully saturated rings. The van der Waals surface area contributed by atoms with Crippen molar-refractivity contribution in [1.82, 2.24) is 0 Å². The molecule has 1 heterocycles. The van der Waals surface area contributed by atoms with Gasteiger partial charge in [-0.2, -0.15) is 0 Å². The van der Waals surface area contributed by atoms with E-state index in [0.717, 1.165) is 28.0 Å². The molecule has 160 valence electrons. The molecule has 31 heavy (non-hydrogen) atoms. The van der Waals surface area contributed by atoms with Crippen molar-refractivity contribution < 1.29 is 19.1 Å². The van der Waals surface area contributed by atoms with E-state index >= 15 is 0 Å². The summed E-state index contributed by atoms with van der Waals surface area (Å²) >= 11 is 1.06. The number of carbonyl (C=O) groups is 3. The second-order valence-corrected chi connectivity index (χ2v) is 8.26. The molecule has 2 aromatic carbocycles. The molecule has 0 aliphatic heterocycles. The van der Waals surface area contributed by atoms with Crippen molar-refractivity contribution in [2.45, 2.75) is 27.2 Å². The third-order valence-electron chi connectivity index (χ3n) is 4.83. The van der Waals surface area contributed by atoms with E-state index in [0.29, 0.717) is 21.1 Å². The monoisotopic (exact) mass is 436 g/mol. The lowest BCUT2D eigenvalue weighted by molar-refractivity contribution is -0.115. The van der Waals surface area contributed by atoms with E-state index < -0.39 is 5.97 Å². The van der Waals surface area contributed by atoms with Gasteiger partial charge in [0.05, 0.1) is 24.0 Å². The Balaban J connectivity index is 1.87. The molecule has 6 nitrogen and oxygen atoms in total. The first kappa shape index (κ1) is 22.2. The summed E-state index contributed by atoms with van der Waals surface area (Å²) in [6.45, 7) is 5.57. The molecule has 3 rings (SSSR count). The van der Waals surface area contributed by atoms with E-state index in [-0.39, 0.29) is 23.8 Å². The van der Waals surface area contributed by atoms with Crippen molar-refractivity contribution in [3.05, 3.63) is 81.2 Å². The van der Waals surface area contributed by atoms with Gasteiger partial charge in [-0.3, -0.25) is 9.59 Å². The van der Waals surface area contributed by atoms with Gasteiger partial charge in [-0.25, -0.2) is 4.79 Å². The third-order valence-corrected chi connectivity index (χ3v) is 6.04. The van der Waals surface area contributed by atoms with Crippen LogP contribution in [0.15, 0.2) is 48.5 Å². The summed E-state index contributed by atoms with van der Waals surface area (Å²) in [5.74, 6) is -1.23. The Morgan fingerprint density at radius 1 is 0.968 bits per heavy atom. The summed E-state index contributed by atoms with van der Waals surface area (Å²) in [5, 5.41) is 5.97. The number of carbonyl (C=O) groups excluding carboxylic acids is 3. The molecule has 0 aliphatic rings. The first-order valence-electron chi connectivity index (χ1n) is 9.74. The molecule has 1 aromatic heterocycles. The van der Waals surface area contributed by atoms with E-state index in [1.54, 1.807) is 6.92 Å². The van der Waals surface area contributed by atoms with Crippen LogP contribution in [0.1, 0.15) is 42.3 Å². The topological polar surface area (TPSA) is 84.5 Å². The zero-order valence-electron chi connectivity index (χ0n) is 17.9. The summed E-state index contributed by atoms with van der Waals surface area (Å²) in [5.41, 5.74) is 4.23. The van der Waals surface area contributed by atoms with Crippen LogP contribution < -0.4 is 10.6 Å². The van der Waals surface area contributed by atoms with Crippen LogP contribution >= 0.6 is 11.3 Å². The Labute approximate surface area is 185 Å². The predicted molar refractivity (Wildman–Crippen MR) is 123 cm³/mol. The smallest absolute Gasteiger partial charge is 0.341 e. The Hall–Kier alpha value is -3.45. The lowest BCUT2D eigenvalue weighted by atomic mass is 10.1. The first-order valence-corrected chi connectivity index (χ1v) is 10.6. The van der Waals surface area contributed by atoms with Crippen LogP contribution in [0.25, 0.3) is 0 Å². The molecule has 0 aliphatic carbocycles. The summed E-state index contributed by atoms with van der Waals surface area (Å²) in [6, 6.07) is 15.0. The lowest BCUT2D eigenvalue weighted by Gasteiger charge is -2.08. The number of hydrogen-bond donors (Lipinski definition) is 2. The maximum Gasteiger partial charge on any atom is 0.341 e. The van der Waals surface area contributed by atoms with Gasteiger partial charge in [0.1, 0.15) is 5.00 Å². The fourth-order valence-electron chi connectivity index (χ4n) is 3.25. The molecule has 2 N–H and O–H groups in total. The molecule has 0 unspecified atom stereocenters. The number of methoxy groups -OCH3 is 1. The molecular weight excluding hydrogens is 412 g/mol. The van der Waals surface area contributed by atoms with Crippen molar-refractivity contribution in [3.8, 4) is 0 Å². The van der Waals surface area contributed by atoms with E-state index in [4.69, 9.17) is 4.74 Å². The fourth-order valence-corrected chi connectivity index (χ4v) is 4.36. The van der Waals surface area contributed by atoms with Crippen molar-refractivity contribution in [2.75, 3.05) is 17.7 Å². The lowest BCUT2D eigenvalue weighted by Crippen LogP contribution is -2.16. The number of thiophene rings is 1. The van der Waals surface area contributed by atoms with Gasteiger partial charge in [-0.05, 0) is 43.5 Å². The van der Waals surface area contributed by atoms with Gasteiger partial charge in [0.2, 0.25) is 5.91 Å². The molecule has 0 atom stereocenters. The Morgan fingerprint density at radius 3 is 2.32 bits per heavy atom. The number of hydrogen-bond acceptors (Lipinski definition) is 5. The highest BCUT2D eigenvalue weighted by Crippen LogP contribution is 2.34.